The average Bonchev–Trinajstić information content (AvgIpc) is 2.80. The molecular weight excluding hydrogens is 218 g/mol. The topological polar surface area (TPSA) is 62.1 Å². The molecule has 5 nitrogen and oxygen atoms in total. The molecule has 5 heteroatoms. The monoisotopic (exact) mass is 229 g/mol. The van der Waals surface area contributed by atoms with Crippen LogP contribution in [0.15, 0.2) is 40.6 Å². The van der Waals surface area contributed by atoms with Gasteiger partial charge in [-0.25, -0.2) is 4.90 Å². The summed E-state index contributed by atoms with van der Waals surface area (Å²) in [6.07, 6.45) is 0. The summed E-state index contributed by atoms with van der Waals surface area (Å²) in [5, 5.41) is 7.78. The van der Waals surface area contributed by atoms with E-state index in [1.54, 1.807) is 31.2 Å². The molecule has 0 saturated carbocycles. The second kappa shape index (κ2) is 3.23. The van der Waals surface area contributed by atoms with Gasteiger partial charge in [0.2, 0.25) is 5.91 Å². The summed E-state index contributed by atoms with van der Waals surface area (Å²) in [7, 11) is 0. The highest BCUT2D eigenvalue weighted by atomic mass is 16.2. The SMILES string of the molecule is C[C@@]12N=NC[C@H]1C(=O)N(c1ccccc1)C2=O. The van der Waals surface area contributed by atoms with Gasteiger partial charge in [0.25, 0.3) is 5.91 Å². The molecule has 1 aromatic carbocycles. The van der Waals surface area contributed by atoms with E-state index in [2.05, 4.69) is 10.2 Å². The molecule has 2 aliphatic heterocycles. The Bertz CT molecular complexity index is 526. The molecule has 0 radical (unpaired) electrons. The number of carbonyl (C=O) groups excluding carboxylic acids is 2. The number of hydrogen-bond acceptors (Lipinski definition) is 4. The highest BCUT2D eigenvalue weighted by Gasteiger charge is 2.59. The van der Waals surface area contributed by atoms with Crippen molar-refractivity contribution in [2.24, 2.45) is 16.1 Å². The largest absolute Gasteiger partial charge is 0.274 e. The zero-order valence-electron chi connectivity index (χ0n) is 9.33. The van der Waals surface area contributed by atoms with E-state index in [4.69, 9.17) is 0 Å². The van der Waals surface area contributed by atoms with Gasteiger partial charge < -0.3 is 0 Å². The first-order chi connectivity index (χ1) is 8.14. The Balaban J connectivity index is 2.07. The number of benzene rings is 1. The van der Waals surface area contributed by atoms with Crippen LogP contribution in [0.25, 0.3) is 0 Å². The van der Waals surface area contributed by atoms with Crippen LogP contribution in [0, 0.1) is 5.92 Å². The molecule has 1 saturated heterocycles. The lowest BCUT2D eigenvalue weighted by Crippen LogP contribution is -2.37. The number of rotatable bonds is 1. The number of amides is 2. The van der Waals surface area contributed by atoms with Gasteiger partial charge >= 0.3 is 0 Å². The van der Waals surface area contributed by atoms with Crippen LogP contribution in [0.3, 0.4) is 0 Å². The van der Waals surface area contributed by atoms with Crippen molar-refractivity contribution in [1.82, 2.24) is 0 Å². The van der Waals surface area contributed by atoms with Gasteiger partial charge in [-0.05, 0) is 19.1 Å². The lowest BCUT2D eigenvalue weighted by Gasteiger charge is -2.16. The van der Waals surface area contributed by atoms with Gasteiger partial charge in [0, 0.05) is 0 Å². The number of hydrogen-bond donors (Lipinski definition) is 0. The Kier molecular flexibility index (Phi) is 1.92. The van der Waals surface area contributed by atoms with Crippen molar-refractivity contribution in [2.45, 2.75) is 12.5 Å². The summed E-state index contributed by atoms with van der Waals surface area (Å²) in [4.78, 5) is 25.7. The molecule has 3 rings (SSSR count). The number of nitrogens with zero attached hydrogens (tertiary/aromatic N) is 3. The van der Waals surface area contributed by atoms with Crippen molar-refractivity contribution in [1.29, 1.82) is 0 Å². The average molecular weight is 229 g/mol. The van der Waals surface area contributed by atoms with E-state index in [1.165, 1.54) is 4.90 Å². The van der Waals surface area contributed by atoms with Gasteiger partial charge in [0.15, 0.2) is 5.54 Å². The molecule has 2 aliphatic rings. The first-order valence-electron chi connectivity index (χ1n) is 5.47. The van der Waals surface area contributed by atoms with E-state index in [-0.39, 0.29) is 11.8 Å². The molecule has 2 amide bonds. The molecule has 0 unspecified atom stereocenters. The predicted octanol–water partition coefficient (Wildman–Crippen LogP) is 1.40. The standard InChI is InChI=1S/C12H11N3O2/c1-12-9(7-13-14-12)10(16)15(11(12)17)8-5-3-2-4-6-8/h2-6,9H,7H2,1H3/t9-,12+/m0/s1. The fourth-order valence-electron chi connectivity index (χ4n) is 2.33. The summed E-state index contributed by atoms with van der Waals surface area (Å²) < 4.78 is 0. The van der Waals surface area contributed by atoms with E-state index in [9.17, 15) is 9.59 Å². The van der Waals surface area contributed by atoms with Crippen molar-refractivity contribution >= 4 is 17.5 Å². The van der Waals surface area contributed by atoms with Gasteiger partial charge in [-0.2, -0.15) is 10.2 Å². The minimum atomic E-state index is -0.993. The van der Waals surface area contributed by atoms with Crippen LogP contribution in [-0.2, 0) is 9.59 Å². The van der Waals surface area contributed by atoms with E-state index < -0.39 is 11.5 Å². The van der Waals surface area contributed by atoms with Gasteiger partial charge in [-0.3, -0.25) is 9.59 Å². The molecule has 0 aromatic heterocycles. The lowest BCUT2D eigenvalue weighted by atomic mass is 9.90. The van der Waals surface area contributed by atoms with Gasteiger partial charge in [0.1, 0.15) is 0 Å². The second-order valence-electron chi connectivity index (χ2n) is 4.44. The fourth-order valence-corrected chi connectivity index (χ4v) is 2.33. The molecule has 0 N–H and O–H groups in total. The smallest absolute Gasteiger partial charge is 0.264 e. The summed E-state index contributed by atoms with van der Waals surface area (Å²) >= 11 is 0. The molecule has 2 atom stereocenters. The van der Waals surface area contributed by atoms with Crippen LogP contribution in [0.4, 0.5) is 5.69 Å². The quantitative estimate of drug-likeness (QED) is 0.683. The first-order valence-corrected chi connectivity index (χ1v) is 5.47. The van der Waals surface area contributed by atoms with Crippen LogP contribution in [0.1, 0.15) is 6.92 Å². The van der Waals surface area contributed by atoms with Crippen LogP contribution >= 0.6 is 0 Å². The van der Waals surface area contributed by atoms with Crippen LogP contribution < -0.4 is 4.90 Å². The normalized spacial score (nSPS) is 31.1. The third-order valence-electron chi connectivity index (χ3n) is 3.39. The molecule has 2 heterocycles. The first kappa shape index (κ1) is 10.1. The molecule has 0 spiro atoms. The Morgan fingerprint density at radius 2 is 2.00 bits per heavy atom. The number of carbonyl (C=O) groups is 2. The lowest BCUT2D eigenvalue weighted by molar-refractivity contribution is -0.122. The summed E-state index contributed by atoms with van der Waals surface area (Å²) in [5.41, 5.74) is -0.388. The molecule has 86 valence electrons. The minimum Gasteiger partial charge on any atom is -0.274 e. The maximum atomic E-state index is 12.3. The molecule has 1 aromatic rings. The molecule has 17 heavy (non-hydrogen) atoms. The van der Waals surface area contributed by atoms with Crippen LogP contribution in [-0.4, -0.2) is 23.9 Å². The summed E-state index contributed by atoms with van der Waals surface area (Å²) in [6.45, 7) is 1.99. The summed E-state index contributed by atoms with van der Waals surface area (Å²) in [6, 6.07) is 8.94. The van der Waals surface area contributed by atoms with Gasteiger partial charge in [-0.1, -0.05) is 18.2 Å². The number of imide groups is 1. The number of fused-ring (bicyclic) bond motifs is 1. The van der Waals surface area contributed by atoms with Crippen molar-refractivity contribution < 1.29 is 9.59 Å². The Morgan fingerprint density at radius 1 is 1.29 bits per heavy atom. The fraction of sp³-hybridized carbons (Fsp3) is 0.333. The molecular formula is C12H11N3O2. The molecule has 0 aliphatic carbocycles. The highest BCUT2D eigenvalue weighted by molar-refractivity contribution is 6.25. The Labute approximate surface area is 98.1 Å². The van der Waals surface area contributed by atoms with E-state index in [0.29, 0.717) is 12.2 Å². The Hall–Kier alpha value is -2.04. The third-order valence-corrected chi connectivity index (χ3v) is 3.39. The van der Waals surface area contributed by atoms with Crippen LogP contribution in [0.2, 0.25) is 0 Å². The number of azo groups is 1. The van der Waals surface area contributed by atoms with Gasteiger partial charge in [0.05, 0.1) is 18.2 Å². The Morgan fingerprint density at radius 3 is 2.65 bits per heavy atom. The zero-order chi connectivity index (χ0) is 12.0. The number of anilines is 1. The predicted molar refractivity (Wildman–Crippen MR) is 60.6 cm³/mol. The van der Waals surface area contributed by atoms with Crippen molar-refractivity contribution in [2.75, 3.05) is 11.4 Å². The van der Waals surface area contributed by atoms with Crippen molar-refractivity contribution in [3.8, 4) is 0 Å². The van der Waals surface area contributed by atoms with E-state index in [0.717, 1.165) is 0 Å². The number of para-hydroxylation sites is 1. The van der Waals surface area contributed by atoms with Gasteiger partial charge in [-0.15, -0.1) is 0 Å². The van der Waals surface area contributed by atoms with Crippen LogP contribution in [0.5, 0.6) is 0 Å². The van der Waals surface area contributed by atoms with Crippen molar-refractivity contribution in [3.05, 3.63) is 30.3 Å². The highest BCUT2D eigenvalue weighted by Crippen LogP contribution is 2.40. The van der Waals surface area contributed by atoms with Crippen molar-refractivity contribution in [3.63, 3.8) is 0 Å². The second-order valence-corrected chi connectivity index (χ2v) is 4.44. The third kappa shape index (κ3) is 1.19. The molecule has 0 bridgehead atoms. The maximum Gasteiger partial charge on any atom is 0.264 e. The van der Waals surface area contributed by atoms with E-state index in [1.807, 2.05) is 6.07 Å². The minimum absolute atomic E-state index is 0.200. The maximum absolute atomic E-state index is 12.3. The summed E-state index contributed by atoms with van der Waals surface area (Å²) in [5.74, 6) is -0.913. The molecule has 1 fully saturated rings. The van der Waals surface area contributed by atoms with E-state index >= 15 is 0 Å². The zero-order valence-corrected chi connectivity index (χ0v) is 9.33.